The van der Waals surface area contributed by atoms with Crippen LogP contribution in [-0.2, 0) is 7.05 Å². The van der Waals surface area contributed by atoms with E-state index in [4.69, 9.17) is 0 Å². The zero-order valence-corrected chi connectivity index (χ0v) is 12.3. The lowest BCUT2D eigenvalue weighted by Crippen LogP contribution is -2.36. The molecule has 0 radical (unpaired) electrons. The van der Waals surface area contributed by atoms with Crippen LogP contribution in [0, 0.1) is 0 Å². The first-order valence-electron chi connectivity index (χ1n) is 7.45. The normalized spacial score (nSPS) is 19.3. The van der Waals surface area contributed by atoms with Gasteiger partial charge < -0.3 is 9.47 Å². The maximum atomic E-state index is 12.8. The van der Waals surface area contributed by atoms with E-state index in [1.165, 1.54) is 12.1 Å². The molecule has 1 unspecified atom stereocenters. The van der Waals surface area contributed by atoms with Gasteiger partial charge in [-0.1, -0.05) is 12.8 Å². The minimum atomic E-state index is -0.0174. The lowest BCUT2D eigenvalue weighted by molar-refractivity contribution is 0.0668. The highest BCUT2D eigenvalue weighted by molar-refractivity contribution is 5.92. The summed E-state index contributed by atoms with van der Waals surface area (Å²) in [5.74, 6) is -0.0174. The second kappa shape index (κ2) is 6.08. The average Bonchev–Trinajstić information content (AvgIpc) is 2.80. The summed E-state index contributed by atoms with van der Waals surface area (Å²) in [6, 6.07) is 4.26. The third kappa shape index (κ3) is 2.82. The molecule has 1 saturated heterocycles. The molecular weight excluding hydrogens is 264 g/mol. The van der Waals surface area contributed by atoms with Crippen molar-refractivity contribution in [2.24, 2.45) is 7.05 Å². The predicted molar refractivity (Wildman–Crippen MR) is 79.7 cm³/mol. The van der Waals surface area contributed by atoms with Gasteiger partial charge >= 0.3 is 0 Å². The quantitative estimate of drug-likeness (QED) is 0.851. The van der Waals surface area contributed by atoms with Gasteiger partial charge in [-0.15, -0.1) is 0 Å². The van der Waals surface area contributed by atoms with Gasteiger partial charge in [0.25, 0.3) is 5.91 Å². The highest BCUT2D eigenvalue weighted by Gasteiger charge is 2.29. The van der Waals surface area contributed by atoms with Crippen LogP contribution in [0.1, 0.15) is 47.9 Å². The number of carbonyl (C=O) groups excluding carboxylic acids is 1. The summed E-state index contributed by atoms with van der Waals surface area (Å²) in [7, 11) is 2.03. The van der Waals surface area contributed by atoms with Crippen molar-refractivity contribution in [3.8, 4) is 0 Å². The predicted octanol–water partition coefficient (Wildman–Crippen LogP) is 2.57. The summed E-state index contributed by atoms with van der Waals surface area (Å²) in [6.07, 6.45) is 11.1. The molecule has 5 heteroatoms. The monoisotopic (exact) mass is 284 g/mol. The van der Waals surface area contributed by atoms with E-state index in [0.717, 1.165) is 25.8 Å². The molecule has 0 N–H and O–H groups in total. The Bertz CT molecular complexity index is 608. The third-order valence-electron chi connectivity index (χ3n) is 4.12. The van der Waals surface area contributed by atoms with Crippen LogP contribution >= 0.6 is 0 Å². The Morgan fingerprint density at radius 2 is 2.19 bits per heavy atom. The van der Waals surface area contributed by atoms with E-state index in [-0.39, 0.29) is 11.9 Å². The van der Waals surface area contributed by atoms with Crippen LogP contribution < -0.4 is 0 Å². The maximum absolute atomic E-state index is 12.8. The summed E-state index contributed by atoms with van der Waals surface area (Å²) in [5, 5.41) is 0. The van der Waals surface area contributed by atoms with Crippen molar-refractivity contribution in [3.05, 3.63) is 48.3 Å². The van der Waals surface area contributed by atoms with Crippen LogP contribution in [-0.4, -0.2) is 31.9 Å². The minimum Gasteiger partial charge on any atom is -0.353 e. The summed E-state index contributed by atoms with van der Waals surface area (Å²) in [6.45, 7) is 0.783. The number of aromatic nitrogens is 3. The topological polar surface area (TPSA) is 51.0 Å². The maximum Gasteiger partial charge on any atom is 0.274 e. The molecule has 110 valence electrons. The van der Waals surface area contributed by atoms with E-state index >= 15 is 0 Å². The Hall–Kier alpha value is -2.17. The van der Waals surface area contributed by atoms with E-state index in [2.05, 4.69) is 20.6 Å². The molecule has 0 spiro atoms. The molecule has 3 heterocycles. The number of carbonyl (C=O) groups is 1. The average molecular weight is 284 g/mol. The summed E-state index contributed by atoms with van der Waals surface area (Å²) in [5.41, 5.74) is 1.62. The van der Waals surface area contributed by atoms with Crippen LogP contribution in [0.3, 0.4) is 0 Å². The summed E-state index contributed by atoms with van der Waals surface area (Å²) < 4.78 is 2.10. The molecule has 1 fully saturated rings. The minimum absolute atomic E-state index is 0.0174. The van der Waals surface area contributed by atoms with Crippen LogP contribution in [0.5, 0.6) is 0 Å². The van der Waals surface area contributed by atoms with Crippen LogP contribution in [0.15, 0.2) is 36.9 Å². The zero-order valence-electron chi connectivity index (χ0n) is 12.3. The second-order valence-corrected chi connectivity index (χ2v) is 5.50. The molecule has 2 aromatic heterocycles. The number of amides is 1. The van der Waals surface area contributed by atoms with Gasteiger partial charge in [-0.25, -0.2) is 4.98 Å². The molecule has 1 amide bonds. The van der Waals surface area contributed by atoms with Crippen molar-refractivity contribution in [1.82, 2.24) is 19.4 Å². The lowest BCUT2D eigenvalue weighted by atomic mass is 10.1. The van der Waals surface area contributed by atoms with Gasteiger partial charge in [0.2, 0.25) is 0 Å². The van der Waals surface area contributed by atoms with Crippen molar-refractivity contribution < 1.29 is 4.79 Å². The van der Waals surface area contributed by atoms with Crippen LogP contribution in [0.4, 0.5) is 0 Å². The highest BCUT2D eigenvalue weighted by Crippen LogP contribution is 2.31. The fraction of sp³-hybridized carbons (Fsp3) is 0.438. The van der Waals surface area contributed by atoms with E-state index in [1.807, 2.05) is 24.2 Å². The van der Waals surface area contributed by atoms with E-state index in [0.29, 0.717) is 5.69 Å². The van der Waals surface area contributed by atoms with E-state index in [1.54, 1.807) is 18.6 Å². The van der Waals surface area contributed by atoms with E-state index in [9.17, 15) is 4.79 Å². The Balaban J connectivity index is 1.92. The van der Waals surface area contributed by atoms with Crippen molar-refractivity contribution in [2.45, 2.75) is 31.7 Å². The van der Waals surface area contributed by atoms with Gasteiger partial charge in [0.15, 0.2) is 0 Å². The first-order valence-corrected chi connectivity index (χ1v) is 7.45. The lowest BCUT2D eigenvalue weighted by Gasteiger charge is -2.30. The zero-order chi connectivity index (χ0) is 14.7. The molecule has 1 aliphatic rings. The number of likely N-dealkylation sites (tertiary alicyclic amines) is 1. The van der Waals surface area contributed by atoms with Crippen molar-refractivity contribution >= 4 is 5.91 Å². The highest BCUT2D eigenvalue weighted by atomic mass is 16.2. The Morgan fingerprint density at radius 3 is 2.90 bits per heavy atom. The SMILES string of the molecule is Cn1cccc1C1CCCCCN1C(=O)c1cnccn1. The number of aryl methyl sites for hydroxylation is 1. The van der Waals surface area contributed by atoms with Crippen LogP contribution in [0.25, 0.3) is 0 Å². The van der Waals surface area contributed by atoms with Crippen molar-refractivity contribution in [3.63, 3.8) is 0 Å². The first kappa shape index (κ1) is 13.8. The number of hydrogen-bond acceptors (Lipinski definition) is 3. The number of hydrogen-bond donors (Lipinski definition) is 0. The molecule has 5 nitrogen and oxygen atoms in total. The molecule has 2 aromatic rings. The standard InChI is InChI=1S/C16H20N4O/c1-19-10-5-7-14(19)15-6-3-2-4-11-20(15)16(21)13-12-17-8-9-18-13/h5,7-10,12,15H,2-4,6,11H2,1H3. The Labute approximate surface area is 124 Å². The second-order valence-electron chi connectivity index (χ2n) is 5.50. The van der Waals surface area contributed by atoms with Crippen molar-refractivity contribution in [1.29, 1.82) is 0 Å². The molecule has 1 aliphatic heterocycles. The van der Waals surface area contributed by atoms with E-state index < -0.39 is 0 Å². The number of nitrogens with zero attached hydrogens (tertiary/aromatic N) is 4. The fourth-order valence-electron chi connectivity index (χ4n) is 3.04. The fourth-order valence-corrected chi connectivity index (χ4v) is 3.04. The largest absolute Gasteiger partial charge is 0.353 e. The molecule has 0 bridgehead atoms. The molecule has 0 aliphatic carbocycles. The molecule has 1 atom stereocenters. The Morgan fingerprint density at radius 1 is 1.29 bits per heavy atom. The van der Waals surface area contributed by atoms with Gasteiger partial charge in [-0.2, -0.15) is 0 Å². The summed E-state index contributed by atoms with van der Waals surface area (Å²) >= 11 is 0. The van der Waals surface area contributed by atoms with Gasteiger partial charge in [0, 0.05) is 37.9 Å². The third-order valence-corrected chi connectivity index (χ3v) is 4.12. The molecule has 0 aromatic carbocycles. The molecular formula is C16H20N4O. The Kier molecular flexibility index (Phi) is 3.99. The smallest absolute Gasteiger partial charge is 0.274 e. The molecule has 0 saturated carbocycles. The van der Waals surface area contributed by atoms with Gasteiger partial charge in [0.1, 0.15) is 5.69 Å². The van der Waals surface area contributed by atoms with Gasteiger partial charge in [0.05, 0.1) is 12.2 Å². The summed E-state index contributed by atoms with van der Waals surface area (Å²) in [4.78, 5) is 22.9. The number of rotatable bonds is 2. The van der Waals surface area contributed by atoms with Crippen molar-refractivity contribution in [2.75, 3.05) is 6.54 Å². The molecule has 3 rings (SSSR count). The van der Waals surface area contributed by atoms with Gasteiger partial charge in [-0.05, 0) is 25.0 Å². The molecule has 21 heavy (non-hydrogen) atoms. The van der Waals surface area contributed by atoms with Crippen LogP contribution in [0.2, 0.25) is 0 Å². The first-order chi connectivity index (χ1) is 10.3. The van der Waals surface area contributed by atoms with Gasteiger partial charge in [-0.3, -0.25) is 9.78 Å².